The lowest BCUT2D eigenvalue weighted by Crippen LogP contribution is -1.96. The van der Waals surface area contributed by atoms with E-state index >= 15 is 0 Å². The van der Waals surface area contributed by atoms with E-state index in [0.717, 1.165) is 30.6 Å². The number of benzene rings is 2. The minimum atomic E-state index is 0.790. The number of hydrogen-bond acceptors (Lipinski definition) is 1. The first-order valence-electron chi connectivity index (χ1n) is 5.44. The van der Waals surface area contributed by atoms with Gasteiger partial charge in [0.15, 0.2) is 0 Å². The second kappa shape index (κ2) is 4.83. The Labute approximate surface area is 90.7 Å². The van der Waals surface area contributed by atoms with Gasteiger partial charge in [-0.05, 0) is 23.9 Å². The Morgan fingerprint density at radius 2 is 2.07 bits per heavy atom. The summed E-state index contributed by atoms with van der Waals surface area (Å²) in [4.78, 5) is 0. The molecule has 0 aliphatic heterocycles. The third kappa shape index (κ3) is 2.30. The summed E-state index contributed by atoms with van der Waals surface area (Å²) in [5.41, 5.74) is 0. The summed E-state index contributed by atoms with van der Waals surface area (Å²) in [6.45, 7) is 2.96. The number of rotatable bonds is 4. The molecule has 0 aromatic heterocycles. The molecule has 0 N–H and O–H groups in total. The fourth-order valence-electron chi connectivity index (χ4n) is 1.57. The highest BCUT2D eigenvalue weighted by atomic mass is 16.5. The van der Waals surface area contributed by atoms with Crippen LogP contribution in [0.1, 0.15) is 19.8 Å². The molecule has 2 aromatic carbocycles. The molecular weight excluding hydrogens is 184 g/mol. The predicted octanol–water partition coefficient (Wildman–Crippen LogP) is 3.82. The van der Waals surface area contributed by atoms with Crippen LogP contribution >= 0.6 is 0 Å². The maximum absolute atomic E-state index is 5.73. The Kier molecular flexibility index (Phi) is 3.23. The van der Waals surface area contributed by atoms with Gasteiger partial charge in [0.25, 0.3) is 0 Å². The molecule has 77 valence electrons. The van der Waals surface area contributed by atoms with Gasteiger partial charge in [-0.2, -0.15) is 0 Å². The van der Waals surface area contributed by atoms with Gasteiger partial charge in [-0.15, -0.1) is 0 Å². The fourth-order valence-corrected chi connectivity index (χ4v) is 1.57. The molecule has 0 bridgehead atoms. The van der Waals surface area contributed by atoms with E-state index in [0.29, 0.717) is 0 Å². The van der Waals surface area contributed by atoms with Crippen LogP contribution in [0, 0.1) is 6.07 Å². The lowest BCUT2D eigenvalue weighted by Gasteiger charge is -2.08. The molecule has 1 heteroatoms. The maximum atomic E-state index is 5.73. The van der Waals surface area contributed by atoms with Crippen LogP contribution in [0.4, 0.5) is 0 Å². The zero-order chi connectivity index (χ0) is 10.5. The average molecular weight is 199 g/mol. The van der Waals surface area contributed by atoms with Crippen LogP contribution in [0.3, 0.4) is 0 Å². The van der Waals surface area contributed by atoms with Crippen molar-refractivity contribution >= 4 is 10.8 Å². The molecule has 0 heterocycles. The van der Waals surface area contributed by atoms with Crippen molar-refractivity contribution < 1.29 is 4.74 Å². The van der Waals surface area contributed by atoms with Gasteiger partial charge in [-0.25, -0.2) is 0 Å². The van der Waals surface area contributed by atoms with Gasteiger partial charge < -0.3 is 4.74 Å². The highest BCUT2D eigenvalue weighted by Gasteiger charge is 2.00. The lowest BCUT2D eigenvalue weighted by molar-refractivity contribution is 0.313. The molecule has 0 aliphatic carbocycles. The van der Waals surface area contributed by atoms with E-state index in [9.17, 15) is 0 Å². The van der Waals surface area contributed by atoms with E-state index in [-0.39, 0.29) is 0 Å². The van der Waals surface area contributed by atoms with Gasteiger partial charge in [-0.1, -0.05) is 43.7 Å². The molecule has 0 atom stereocenters. The third-order valence-electron chi connectivity index (χ3n) is 2.41. The van der Waals surface area contributed by atoms with Gasteiger partial charge in [0.2, 0.25) is 0 Å². The third-order valence-corrected chi connectivity index (χ3v) is 2.41. The molecule has 1 nitrogen and oxygen atoms in total. The normalized spacial score (nSPS) is 10.5. The van der Waals surface area contributed by atoms with Crippen molar-refractivity contribution in [3.8, 4) is 5.75 Å². The van der Waals surface area contributed by atoms with Crippen molar-refractivity contribution in [2.45, 2.75) is 19.8 Å². The van der Waals surface area contributed by atoms with E-state index < -0.39 is 0 Å². The molecular formula is C14H15O. The topological polar surface area (TPSA) is 9.23 Å². The van der Waals surface area contributed by atoms with Crippen molar-refractivity contribution in [3.05, 3.63) is 42.5 Å². The first kappa shape index (κ1) is 10.0. The van der Waals surface area contributed by atoms with E-state index in [2.05, 4.69) is 25.1 Å². The summed E-state index contributed by atoms with van der Waals surface area (Å²) in [5, 5.41) is 2.27. The minimum Gasteiger partial charge on any atom is -0.493 e. The second-order valence-electron chi connectivity index (χ2n) is 3.59. The van der Waals surface area contributed by atoms with E-state index in [1.165, 1.54) is 5.39 Å². The first-order chi connectivity index (χ1) is 7.42. The summed E-state index contributed by atoms with van der Waals surface area (Å²) in [6, 6.07) is 15.3. The summed E-state index contributed by atoms with van der Waals surface area (Å²) in [6.07, 6.45) is 2.26. The average Bonchev–Trinajstić information content (AvgIpc) is 2.30. The number of fused-ring (bicyclic) bond motifs is 1. The Hall–Kier alpha value is -1.50. The molecule has 15 heavy (non-hydrogen) atoms. The van der Waals surface area contributed by atoms with Gasteiger partial charge in [0, 0.05) is 5.39 Å². The zero-order valence-corrected chi connectivity index (χ0v) is 8.99. The molecule has 0 fully saturated rings. The highest BCUT2D eigenvalue weighted by molar-refractivity contribution is 5.87. The summed E-state index contributed by atoms with van der Waals surface area (Å²) >= 11 is 0. The van der Waals surface area contributed by atoms with E-state index in [1.54, 1.807) is 0 Å². The lowest BCUT2D eigenvalue weighted by atomic mass is 10.1. The Bertz CT molecular complexity index is 429. The SMILES string of the molecule is CCCCOc1cccc2ccc[c]c12. The van der Waals surface area contributed by atoms with E-state index in [4.69, 9.17) is 4.74 Å². The summed E-state index contributed by atoms with van der Waals surface area (Å²) < 4.78 is 5.73. The maximum Gasteiger partial charge on any atom is 0.127 e. The van der Waals surface area contributed by atoms with Crippen LogP contribution in [0.2, 0.25) is 0 Å². The molecule has 2 rings (SSSR count). The Morgan fingerprint density at radius 1 is 1.20 bits per heavy atom. The predicted molar refractivity (Wildman–Crippen MR) is 63.2 cm³/mol. The van der Waals surface area contributed by atoms with Crippen molar-refractivity contribution in [1.29, 1.82) is 0 Å². The molecule has 0 spiro atoms. The number of hydrogen-bond donors (Lipinski definition) is 0. The Morgan fingerprint density at radius 3 is 2.93 bits per heavy atom. The van der Waals surface area contributed by atoms with Gasteiger partial charge in [-0.3, -0.25) is 0 Å². The molecule has 1 radical (unpaired) electrons. The Balaban J connectivity index is 2.26. The minimum absolute atomic E-state index is 0.790. The van der Waals surface area contributed by atoms with E-state index in [1.807, 2.05) is 24.3 Å². The first-order valence-corrected chi connectivity index (χ1v) is 5.44. The van der Waals surface area contributed by atoms with Crippen LogP contribution < -0.4 is 4.74 Å². The fraction of sp³-hybridized carbons (Fsp3) is 0.286. The van der Waals surface area contributed by atoms with Crippen molar-refractivity contribution in [2.24, 2.45) is 0 Å². The quantitative estimate of drug-likeness (QED) is 0.680. The molecule has 0 saturated carbocycles. The van der Waals surface area contributed by atoms with Gasteiger partial charge >= 0.3 is 0 Å². The highest BCUT2D eigenvalue weighted by Crippen LogP contribution is 2.24. The van der Waals surface area contributed by atoms with Crippen molar-refractivity contribution in [3.63, 3.8) is 0 Å². The summed E-state index contributed by atoms with van der Waals surface area (Å²) in [5.74, 6) is 0.946. The molecule has 0 aliphatic rings. The molecule has 0 saturated heterocycles. The molecule has 2 aromatic rings. The van der Waals surface area contributed by atoms with Crippen LogP contribution in [0.5, 0.6) is 5.75 Å². The molecule has 0 amide bonds. The molecule has 0 unspecified atom stereocenters. The van der Waals surface area contributed by atoms with Crippen LogP contribution in [-0.4, -0.2) is 6.61 Å². The number of ether oxygens (including phenoxy) is 1. The van der Waals surface area contributed by atoms with Crippen LogP contribution in [-0.2, 0) is 0 Å². The van der Waals surface area contributed by atoms with Crippen LogP contribution in [0.15, 0.2) is 36.4 Å². The standard InChI is InChI=1S/C14H15O/c1-2-3-11-15-14-10-6-8-12-7-4-5-9-13(12)14/h4-8,10H,2-3,11H2,1H3. The summed E-state index contributed by atoms with van der Waals surface area (Å²) in [7, 11) is 0. The smallest absolute Gasteiger partial charge is 0.127 e. The van der Waals surface area contributed by atoms with Crippen molar-refractivity contribution in [2.75, 3.05) is 6.61 Å². The van der Waals surface area contributed by atoms with Crippen LogP contribution in [0.25, 0.3) is 10.8 Å². The zero-order valence-electron chi connectivity index (χ0n) is 8.99. The number of unbranched alkanes of at least 4 members (excludes halogenated alkanes) is 1. The monoisotopic (exact) mass is 199 g/mol. The second-order valence-corrected chi connectivity index (χ2v) is 3.59. The van der Waals surface area contributed by atoms with Gasteiger partial charge in [0.1, 0.15) is 5.75 Å². The largest absolute Gasteiger partial charge is 0.493 e. The van der Waals surface area contributed by atoms with Gasteiger partial charge in [0.05, 0.1) is 6.61 Å². The van der Waals surface area contributed by atoms with Crippen molar-refractivity contribution in [1.82, 2.24) is 0 Å².